The van der Waals surface area contributed by atoms with Gasteiger partial charge in [0, 0.05) is 13.1 Å². The summed E-state index contributed by atoms with van der Waals surface area (Å²) in [4.78, 5) is 0. The Bertz CT molecular complexity index is 369. The Balaban J connectivity index is 2.64. The highest BCUT2D eigenvalue weighted by Gasteiger charge is 2.30. The van der Waals surface area contributed by atoms with E-state index < -0.39 is 11.7 Å². The number of benzene rings is 1. The van der Waals surface area contributed by atoms with Crippen molar-refractivity contribution in [2.75, 3.05) is 6.54 Å². The highest BCUT2D eigenvalue weighted by atomic mass is 19.4. The van der Waals surface area contributed by atoms with Gasteiger partial charge >= 0.3 is 6.18 Å². The van der Waals surface area contributed by atoms with Crippen molar-refractivity contribution in [1.82, 2.24) is 5.32 Å². The van der Waals surface area contributed by atoms with Crippen molar-refractivity contribution in [2.45, 2.75) is 19.6 Å². The maximum absolute atomic E-state index is 12.4. The van der Waals surface area contributed by atoms with E-state index in [0.717, 1.165) is 17.7 Å². The molecule has 0 heterocycles. The third-order valence-electron chi connectivity index (χ3n) is 2.01. The van der Waals surface area contributed by atoms with Crippen LogP contribution in [-0.4, -0.2) is 6.54 Å². The predicted octanol–water partition coefficient (Wildman–Crippen LogP) is 3.37. The van der Waals surface area contributed by atoms with Crippen LogP contribution in [0.2, 0.25) is 0 Å². The Hall–Kier alpha value is -1.29. The maximum Gasteiger partial charge on any atom is 0.416 e. The standard InChI is InChI=1S/C12H14F3N/c1-9(2)7-16-8-10-4-3-5-11(6-10)12(13,14)15/h3-6,16H,1,7-8H2,2H3. The molecule has 1 N–H and O–H groups in total. The van der Waals surface area contributed by atoms with Crippen LogP contribution in [0.4, 0.5) is 13.2 Å². The van der Waals surface area contributed by atoms with Gasteiger partial charge in [-0.25, -0.2) is 0 Å². The molecule has 0 bridgehead atoms. The fraction of sp³-hybridized carbons (Fsp3) is 0.333. The van der Waals surface area contributed by atoms with E-state index in [1.165, 1.54) is 6.07 Å². The second-order valence-corrected chi connectivity index (χ2v) is 3.76. The molecule has 0 aromatic heterocycles. The lowest BCUT2D eigenvalue weighted by Crippen LogP contribution is -2.15. The zero-order valence-electron chi connectivity index (χ0n) is 9.06. The van der Waals surface area contributed by atoms with E-state index in [2.05, 4.69) is 11.9 Å². The minimum atomic E-state index is -4.27. The lowest BCUT2D eigenvalue weighted by molar-refractivity contribution is -0.137. The summed E-state index contributed by atoms with van der Waals surface area (Å²) in [6, 6.07) is 5.31. The summed E-state index contributed by atoms with van der Waals surface area (Å²) in [6.07, 6.45) is -4.27. The van der Waals surface area contributed by atoms with Gasteiger partial charge in [-0.3, -0.25) is 0 Å². The molecule has 0 aliphatic carbocycles. The van der Waals surface area contributed by atoms with Crippen LogP contribution in [-0.2, 0) is 12.7 Å². The minimum absolute atomic E-state index is 0.413. The molecule has 0 atom stereocenters. The smallest absolute Gasteiger partial charge is 0.309 e. The lowest BCUT2D eigenvalue weighted by Gasteiger charge is -2.09. The van der Waals surface area contributed by atoms with Crippen LogP contribution in [0.25, 0.3) is 0 Å². The van der Waals surface area contributed by atoms with Crippen LogP contribution < -0.4 is 5.32 Å². The molecule has 0 saturated heterocycles. The molecule has 1 aromatic rings. The Kier molecular flexibility index (Phi) is 4.12. The van der Waals surface area contributed by atoms with Crippen LogP contribution in [0.15, 0.2) is 36.4 Å². The number of nitrogens with one attached hydrogen (secondary N) is 1. The van der Waals surface area contributed by atoms with Crippen molar-refractivity contribution < 1.29 is 13.2 Å². The molecular weight excluding hydrogens is 215 g/mol. The average Bonchev–Trinajstić information content (AvgIpc) is 2.16. The van der Waals surface area contributed by atoms with Gasteiger partial charge in [0.15, 0.2) is 0 Å². The van der Waals surface area contributed by atoms with Crippen molar-refractivity contribution in [3.63, 3.8) is 0 Å². The van der Waals surface area contributed by atoms with Gasteiger partial charge < -0.3 is 5.32 Å². The normalized spacial score (nSPS) is 11.5. The summed E-state index contributed by atoms with van der Waals surface area (Å²) in [6.45, 7) is 6.58. The third-order valence-corrected chi connectivity index (χ3v) is 2.01. The Morgan fingerprint density at radius 1 is 1.38 bits per heavy atom. The van der Waals surface area contributed by atoms with E-state index in [1.54, 1.807) is 6.07 Å². The largest absolute Gasteiger partial charge is 0.416 e. The lowest BCUT2D eigenvalue weighted by atomic mass is 10.1. The summed E-state index contributed by atoms with van der Waals surface area (Å²) >= 11 is 0. The van der Waals surface area contributed by atoms with E-state index in [9.17, 15) is 13.2 Å². The van der Waals surface area contributed by atoms with Crippen molar-refractivity contribution in [2.24, 2.45) is 0 Å². The first-order valence-corrected chi connectivity index (χ1v) is 4.91. The first-order chi connectivity index (χ1) is 7.39. The van der Waals surface area contributed by atoms with Gasteiger partial charge in [0.05, 0.1) is 5.56 Å². The second kappa shape index (κ2) is 5.16. The van der Waals surface area contributed by atoms with Crippen molar-refractivity contribution in [3.05, 3.63) is 47.5 Å². The van der Waals surface area contributed by atoms with Crippen molar-refractivity contribution in [3.8, 4) is 0 Å². The zero-order chi connectivity index (χ0) is 12.2. The van der Waals surface area contributed by atoms with Gasteiger partial charge in [-0.1, -0.05) is 30.4 Å². The van der Waals surface area contributed by atoms with Gasteiger partial charge in [-0.15, -0.1) is 0 Å². The van der Waals surface area contributed by atoms with Crippen LogP contribution in [0, 0.1) is 0 Å². The van der Waals surface area contributed by atoms with Gasteiger partial charge in [-0.05, 0) is 18.6 Å². The monoisotopic (exact) mass is 229 g/mol. The quantitative estimate of drug-likeness (QED) is 0.780. The highest BCUT2D eigenvalue weighted by molar-refractivity contribution is 5.25. The molecule has 0 radical (unpaired) electrons. The molecule has 0 saturated carbocycles. The molecular formula is C12H14F3N. The van der Waals surface area contributed by atoms with Crippen LogP contribution in [0.1, 0.15) is 18.1 Å². The molecule has 0 aliphatic rings. The van der Waals surface area contributed by atoms with Crippen molar-refractivity contribution in [1.29, 1.82) is 0 Å². The Labute approximate surface area is 93.0 Å². The van der Waals surface area contributed by atoms with Crippen LogP contribution in [0.3, 0.4) is 0 Å². The summed E-state index contributed by atoms with van der Waals surface area (Å²) in [5, 5.41) is 3.01. The molecule has 0 amide bonds. The van der Waals surface area contributed by atoms with E-state index in [0.29, 0.717) is 18.7 Å². The molecule has 16 heavy (non-hydrogen) atoms. The molecule has 0 fully saturated rings. The number of alkyl halides is 3. The molecule has 0 aliphatic heterocycles. The summed E-state index contributed by atoms with van der Waals surface area (Å²) in [7, 11) is 0. The second-order valence-electron chi connectivity index (χ2n) is 3.76. The molecule has 4 heteroatoms. The SMILES string of the molecule is C=C(C)CNCc1cccc(C(F)(F)F)c1. The number of hydrogen-bond donors (Lipinski definition) is 1. The topological polar surface area (TPSA) is 12.0 Å². The summed E-state index contributed by atoms with van der Waals surface area (Å²) in [5.41, 5.74) is 0.963. The fourth-order valence-electron chi connectivity index (χ4n) is 1.28. The first-order valence-electron chi connectivity index (χ1n) is 4.91. The van der Waals surface area contributed by atoms with Crippen LogP contribution >= 0.6 is 0 Å². The highest BCUT2D eigenvalue weighted by Crippen LogP contribution is 2.29. The molecule has 0 spiro atoms. The minimum Gasteiger partial charge on any atom is -0.309 e. The number of hydrogen-bond acceptors (Lipinski definition) is 1. The van der Waals surface area contributed by atoms with Crippen molar-refractivity contribution >= 4 is 0 Å². The maximum atomic E-state index is 12.4. The molecule has 1 rings (SSSR count). The van der Waals surface area contributed by atoms with Crippen LogP contribution in [0.5, 0.6) is 0 Å². The Morgan fingerprint density at radius 2 is 2.06 bits per heavy atom. The van der Waals surface area contributed by atoms with Gasteiger partial charge in [0.2, 0.25) is 0 Å². The van der Waals surface area contributed by atoms with E-state index in [-0.39, 0.29) is 0 Å². The number of rotatable bonds is 4. The van der Waals surface area contributed by atoms with Gasteiger partial charge in [0.25, 0.3) is 0 Å². The molecule has 1 nitrogen and oxygen atoms in total. The predicted molar refractivity (Wildman–Crippen MR) is 58.0 cm³/mol. The summed E-state index contributed by atoms with van der Waals surface area (Å²) < 4.78 is 37.2. The Morgan fingerprint density at radius 3 is 2.62 bits per heavy atom. The molecule has 88 valence electrons. The molecule has 0 unspecified atom stereocenters. The average molecular weight is 229 g/mol. The molecule has 1 aromatic carbocycles. The zero-order valence-corrected chi connectivity index (χ0v) is 9.06. The third kappa shape index (κ3) is 4.06. The first kappa shape index (κ1) is 12.8. The van der Waals surface area contributed by atoms with E-state index in [4.69, 9.17) is 0 Å². The summed E-state index contributed by atoms with van der Waals surface area (Å²) in [5.74, 6) is 0. The van der Waals surface area contributed by atoms with Gasteiger partial charge in [0.1, 0.15) is 0 Å². The number of halogens is 3. The van der Waals surface area contributed by atoms with Gasteiger partial charge in [-0.2, -0.15) is 13.2 Å². The van der Waals surface area contributed by atoms with E-state index in [1.807, 2.05) is 6.92 Å². The fourth-order valence-corrected chi connectivity index (χ4v) is 1.28. The van der Waals surface area contributed by atoms with E-state index >= 15 is 0 Å².